The molecule has 0 saturated carbocycles. The molecular formula is C19H25BrN2O2Si. The molecule has 1 N–H and O–H groups in total. The summed E-state index contributed by atoms with van der Waals surface area (Å²) in [6, 6.07) is 9.62. The van der Waals surface area contributed by atoms with Gasteiger partial charge in [-0.3, -0.25) is 9.78 Å². The first-order valence-electron chi connectivity index (χ1n) is 8.25. The smallest absolute Gasteiger partial charge is 0.250 e. The van der Waals surface area contributed by atoms with E-state index >= 15 is 0 Å². The largest absolute Gasteiger partial charge is 0.543 e. The number of nitrogens with one attached hydrogen (secondary N) is 1. The lowest BCUT2D eigenvalue weighted by Gasteiger charge is -2.36. The summed E-state index contributed by atoms with van der Waals surface area (Å²) in [6.45, 7) is 11.1. The number of rotatable bonds is 5. The lowest BCUT2D eigenvalue weighted by Crippen LogP contribution is -2.43. The monoisotopic (exact) mass is 420 g/mol. The fourth-order valence-electron chi connectivity index (χ4n) is 2.04. The first-order chi connectivity index (χ1) is 11.6. The van der Waals surface area contributed by atoms with Crippen molar-refractivity contribution in [3.8, 4) is 5.75 Å². The number of halogens is 1. The van der Waals surface area contributed by atoms with Crippen molar-refractivity contribution in [1.29, 1.82) is 0 Å². The normalized spacial score (nSPS) is 11.9. The zero-order valence-electron chi connectivity index (χ0n) is 15.4. The van der Waals surface area contributed by atoms with E-state index in [1.54, 1.807) is 12.4 Å². The molecule has 0 aliphatic rings. The second-order valence-corrected chi connectivity index (χ2v) is 13.3. The quantitative estimate of drug-likeness (QED) is 0.657. The Morgan fingerprint density at radius 3 is 2.60 bits per heavy atom. The summed E-state index contributed by atoms with van der Waals surface area (Å²) in [5, 5.41) is 2.99. The minimum absolute atomic E-state index is 0.0793. The van der Waals surface area contributed by atoms with Crippen LogP contribution in [0.15, 0.2) is 47.2 Å². The molecule has 1 aromatic carbocycles. The van der Waals surface area contributed by atoms with Crippen LogP contribution in [-0.4, -0.2) is 19.2 Å². The highest BCUT2D eigenvalue weighted by atomic mass is 79.9. The van der Waals surface area contributed by atoms with Gasteiger partial charge < -0.3 is 9.74 Å². The summed E-state index contributed by atoms with van der Waals surface area (Å²) >= 11 is 3.35. The lowest BCUT2D eigenvalue weighted by atomic mass is 10.1. The first-order valence-corrected chi connectivity index (χ1v) is 12.0. The summed E-state index contributed by atoms with van der Waals surface area (Å²) in [5.41, 5.74) is 1.60. The molecule has 2 rings (SSSR count). The highest BCUT2D eigenvalue weighted by Crippen LogP contribution is 2.37. The number of benzene rings is 1. The molecule has 1 amide bonds. The van der Waals surface area contributed by atoms with E-state index in [4.69, 9.17) is 4.43 Å². The molecular weight excluding hydrogens is 396 g/mol. The lowest BCUT2D eigenvalue weighted by molar-refractivity contribution is -0.115. The molecule has 0 radical (unpaired) electrons. The van der Waals surface area contributed by atoms with E-state index < -0.39 is 8.32 Å². The topological polar surface area (TPSA) is 51.2 Å². The molecule has 0 bridgehead atoms. The molecule has 134 valence electrons. The molecule has 1 aromatic heterocycles. The van der Waals surface area contributed by atoms with E-state index in [9.17, 15) is 4.79 Å². The minimum Gasteiger partial charge on any atom is -0.543 e. The Balaban J connectivity index is 2.05. The number of carbonyl (C=O) groups excluding carboxylic acids is 1. The van der Waals surface area contributed by atoms with Crippen molar-refractivity contribution in [2.45, 2.75) is 45.3 Å². The van der Waals surface area contributed by atoms with Crippen molar-refractivity contribution in [2.75, 3.05) is 5.32 Å². The van der Waals surface area contributed by atoms with Gasteiger partial charge in [0.05, 0.1) is 18.3 Å². The highest BCUT2D eigenvalue weighted by Gasteiger charge is 2.38. The summed E-state index contributed by atoms with van der Waals surface area (Å²) in [5.74, 6) is 0.755. The third-order valence-electron chi connectivity index (χ3n) is 4.43. The Bertz CT molecular complexity index is 757. The average molecular weight is 421 g/mol. The van der Waals surface area contributed by atoms with E-state index in [0.717, 1.165) is 15.8 Å². The second kappa shape index (κ2) is 7.70. The van der Waals surface area contributed by atoms with Crippen LogP contribution >= 0.6 is 15.9 Å². The molecule has 0 saturated heterocycles. The number of hydrogen-bond donors (Lipinski definition) is 1. The molecule has 0 aliphatic heterocycles. The highest BCUT2D eigenvalue weighted by molar-refractivity contribution is 9.10. The molecule has 25 heavy (non-hydrogen) atoms. The van der Waals surface area contributed by atoms with Gasteiger partial charge in [0.15, 0.2) is 0 Å². The van der Waals surface area contributed by atoms with Crippen molar-refractivity contribution in [3.05, 3.63) is 52.8 Å². The molecule has 6 heteroatoms. The molecule has 1 heterocycles. The molecule has 0 spiro atoms. The summed E-state index contributed by atoms with van der Waals surface area (Å²) in [4.78, 5) is 16.3. The molecule has 0 atom stereocenters. The minimum atomic E-state index is -1.89. The van der Waals surface area contributed by atoms with Gasteiger partial charge in [-0.25, -0.2) is 0 Å². The van der Waals surface area contributed by atoms with Gasteiger partial charge in [-0.2, -0.15) is 0 Å². The van der Waals surface area contributed by atoms with Crippen LogP contribution in [0.3, 0.4) is 0 Å². The predicted molar refractivity (Wildman–Crippen MR) is 109 cm³/mol. The van der Waals surface area contributed by atoms with Gasteiger partial charge in [0.25, 0.3) is 0 Å². The van der Waals surface area contributed by atoms with Crippen LogP contribution in [0.25, 0.3) is 0 Å². The van der Waals surface area contributed by atoms with Crippen LogP contribution in [0.1, 0.15) is 26.3 Å². The fraction of sp³-hybridized carbons (Fsp3) is 0.368. The van der Waals surface area contributed by atoms with Crippen molar-refractivity contribution in [2.24, 2.45) is 0 Å². The molecule has 2 aromatic rings. The maximum atomic E-state index is 12.3. The SMILES string of the molecule is CC(C)(C)[Si](C)(C)Oc1cccc(CC(=O)Nc2cncc(Br)c2)c1. The van der Waals surface area contributed by atoms with E-state index in [-0.39, 0.29) is 10.9 Å². The summed E-state index contributed by atoms with van der Waals surface area (Å²) in [7, 11) is -1.89. The Hall–Kier alpha value is -1.66. The van der Waals surface area contributed by atoms with Crippen molar-refractivity contribution in [1.82, 2.24) is 4.98 Å². The Morgan fingerprint density at radius 2 is 1.96 bits per heavy atom. The first kappa shape index (κ1) is 19.7. The number of pyridine rings is 1. The van der Waals surface area contributed by atoms with Gasteiger partial charge in [-0.05, 0) is 57.8 Å². The molecule has 0 unspecified atom stereocenters. The van der Waals surface area contributed by atoms with Crippen LogP contribution in [0, 0.1) is 0 Å². The van der Waals surface area contributed by atoms with Crippen LogP contribution in [0.2, 0.25) is 18.1 Å². The molecule has 0 aliphatic carbocycles. The third-order valence-corrected chi connectivity index (χ3v) is 9.22. The zero-order valence-corrected chi connectivity index (χ0v) is 18.0. The van der Waals surface area contributed by atoms with Gasteiger partial charge in [0, 0.05) is 10.7 Å². The predicted octanol–water partition coefficient (Wildman–Crippen LogP) is 5.41. The zero-order chi connectivity index (χ0) is 18.7. The number of nitrogens with zero attached hydrogens (tertiary/aromatic N) is 1. The maximum Gasteiger partial charge on any atom is 0.250 e. The van der Waals surface area contributed by atoms with Crippen molar-refractivity contribution >= 4 is 35.8 Å². The van der Waals surface area contributed by atoms with E-state index in [1.807, 2.05) is 30.3 Å². The Morgan fingerprint density at radius 1 is 1.24 bits per heavy atom. The van der Waals surface area contributed by atoms with Crippen LogP contribution in [-0.2, 0) is 11.2 Å². The van der Waals surface area contributed by atoms with Crippen LogP contribution < -0.4 is 9.74 Å². The molecule has 4 nitrogen and oxygen atoms in total. The second-order valence-electron chi connectivity index (χ2n) is 7.63. The summed E-state index contributed by atoms with van der Waals surface area (Å²) in [6.07, 6.45) is 3.60. The van der Waals surface area contributed by atoms with E-state index in [1.165, 1.54) is 0 Å². The van der Waals surface area contributed by atoms with Crippen LogP contribution in [0.5, 0.6) is 5.75 Å². The standard InChI is InChI=1S/C19H25BrN2O2Si/c1-19(2,3)25(4,5)24-17-8-6-7-14(9-17)10-18(23)22-16-11-15(20)12-21-13-16/h6-9,11-13H,10H2,1-5H3,(H,22,23). The number of amides is 1. The van der Waals surface area contributed by atoms with Crippen molar-refractivity contribution in [3.63, 3.8) is 0 Å². The average Bonchev–Trinajstić information content (AvgIpc) is 2.45. The van der Waals surface area contributed by atoms with Gasteiger partial charge in [0.1, 0.15) is 5.75 Å². The number of carbonyl (C=O) groups is 1. The van der Waals surface area contributed by atoms with Crippen molar-refractivity contribution < 1.29 is 9.22 Å². The maximum absolute atomic E-state index is 12.3. The fourth-order valence-corrected chi connectivity index (χ4v) is 3.42. The van der Waals surface area contributed by atoms with E-state index in [0.29, 0.717) is 12.1 Å². The Kier molecular flexibility index (Phi) is 6.06. The third kappa shape index (κ3) is 5.68. The summed E-state index contributed by atoms with van der Waals surface area (Å²) < 4.78 is 7.14. The number of aromatic nitrogens is 1. The van der Waals surface area contributed by atoms with Gasteiger partial charge >= 0.3 is 0 Å². The number of hydrogen-bond acceptors (Lipinski definition) is 3. The molecule has 0 fully saturated rings. The van der Waals surface area contributed by atoms with Gasteiger partial charge in [0.2, 0.25) is 14.2 Å². The van der Waals surface area contributed by atoms with Crippen LogP contribution in [0.4, 0.5) is 5.69 Å². The van der Waals surface area contributed by atoms with Gasteiger partial charge in [-0.1, -0.05) is 32.9 Å². The van der Waals surface area contributed by atoms with Gasteiger partial charge in [-0.15, -0.1) is 0 Å². The van der Waals surface area contributed by atoms with E-state index in [2.05, 4.69) is 60.1 Å². The number of anilines is 1. The Labute approximate surface area is 159 Å².